The van der Waals surface area contributed by atoms with Gasteiger partial charge in [0.25, 0.3) is 0 Å². The van der Waals surface area contributed by atoms with Crippen LogP contribution in [0, 0.1) is 11.7 Å². The summed E-state index contributed by atoms with van der Waals surface area (Å²) in [5.74, 6) is 0.433. The minimum absolute atomic E-state index is 0.125. The van der Waals surface area contributed by atoms with Gasteiger partial charge in [-0.3, -0.25) is 4.79 Å². The van der Waals surface area contributed by atoms with Gasteiger partial charge in [-0.05, 0) is 42.9 Å². The highest BCUT2D eigenvalue weighted by Crippen LogP contribution is 2.17. The Hall–Kier alpha value is -1.42. The van der Waals surface area contributed by atoms with E-state index < -0.39 is 0 Å². The number of nitrogens with zero attached hydrogens (tertiary/aromatic N) is 2. The lowest BCUT2D eigenvalue weighted by Gasteiger charge is -2.23. The second-order valence-corrected chi connectivity index (χ2v) is 5.56. The van der Waals surface area contributed by atoms with Crippen LogP contribution in [-0.4, -0.2) is 30.9 Å². The molecule has 1 unspecified atom stereocenters. The Morgan fingerprint density at radius 2 is 2.35 bits per heavy atom. The summed E-state index contributed by atoms with van der Waals surface area (Å²) >= 11 is 0. The molecule has 0 aliphatic carbocycles. The van der Waals surface area contributed by atoms with Crippen LogP contribution in [0.4, 0.5) is 4.39 Å². The van der Waals surface area contributed by atoms with Gasteiger partial charge in [0, 0.05) is 33.1 Å². The van der Waals surface area contributed by atoms with Crippen molar-refractivity contribution in [2.24, 2.45) is 5.92 Å². The smallest absolute Gasteiger partial charge is 0.222 e. The molecule has 109 valence electrons. The van der Waals surface area contributed by atoms with Crippen molar-refractivity contribution in [3.63, 3.8) is 0 Å². The molecule has 20 heavy (non-hydrogen) atoms. The number of rotatable bonds is 5. The highest BCUT2D eigenvalue weighted by molar-refractivity contribution is 5.75. The van der Waals surface area contributed by atoms with Gasteiger partial charge in [0.05, 0.1) is 0 Å². The van der Waals surface area contributed by atoms with Gasteiger partial charge in [-0.25, -0.2) is 9.71 Å². The van der Waals surface area contributed by atoms with Gasteiger partial charge in [-0.15, -0.1) is 0 Å². The summed E-state index contributed by atoms with van der Waals surface area (Å²) in [7, 11) is 1.78. The monoisotopic (exact) mass is 277 g/mol. The maximum absolute atomic E-state index is 13.1. The Labute approximate surface area is 120 Å². The molecule has 1 aromatic rings. The molecule has 1 saturated heterocycles. The number of benzene rings is 1. The van der Waals surface area contributed by atoms with Crippen molar-refractivity contribution in [1.29, 1.82) is 0 Å². The highest BCUT2D eigenvalue weighted by Gasteiger charge is 2.17. The van der Waals surface area contributed by atoms with E-state index in [1.807, 2.05) is 6.07 Å². The molecular weight excluding hydrogens is 255 g/mol. The van der Waals surface area contributed by atoms with E-state index in [4.69, 9.17) is 0 Å². The van der Waals surface area contributed by atoms with Crippen molar-refractivity contribution >= 4 is 5.91 Å². The van der Waals surface area contributed by atoms with Gasteiger partial charge in [-0.2, -0.15) is 0 Å². The Kier molecular flexibility index (Phi) is 5.53. The van der Waals surface area contributed by atoms with Crippen LogP contribution in [0.2, 0.25) is 0 Å². The second-order valence-electron chi connectivity index (χ2n) is 5.56. The molecule has 0 spiro atoms. The van der Waals surface area contributed by atoms with Gasteiger partial charge in [0.15, 0.2) is 0 Å². The van der Waals surface area contributed by atoms with E-state index in [1.165, 1.54) is 18.6 Å². The molecule has 1 aliphatic heterocycles. The number of hydrogen-bond acceptors (Lipinski definition) is 1. The van der Waals surface area contributed by atoms with Gasteiger partial charge >= 0.3 is 0 Å². The molecule has 3 nitrogen and oxygen atoms in total. The molecule has 1 radical (unpaired) electrons. The third kappa shape index (κ3) is 4.60. The molecule has 1 amide bonds. The van der Waals surface area contributed by atoms with Gasteiger partial charge in [0.1, 0.15) is 5.82 Å². The molecule has 1 aromatic carbocycles. The normalized spacial score (nSPS) is 18.8. The Morgan fingerprint density at radius 3 is 3.05 bits per heavy atom. The quantitative estimate of drug-likeness (QED) is 0.814. The number of carbonyl (C=O) groups excluding carboxylic acids is 1. The summed E-state index contributed by atoms with van der Waals surface area (Å²) in [5.41, 5.74) is 0.827. The van der Waals surface area contributed by atoms with Gasteiger partial charge in [0.2, 0.25) is 5.91 Å². The zero-order valence-corrected chi connectivity index (χ0v) is 12.0. The molecule has 0 bridgehead atoms. The predicted octanol–water partition coefficient (Wildman–Crippen LogP) is 2.58. The summed E-state index contributed by atoms with van der Waals surface area (Å²) < 4.78 is 13.1. The third-order valence-electron chi connectivity index (χ3n) is 3.82. The molecule has 0 saturated carbocycles. The van der Waals surface area contributed by atoms with Crippen LogP contribution in [0.25, 0.3) is 0 Å². The zero-order valence-electron chi connectivity index (χ0n) is 12.0. The van der Waals surface area contributed by atoms with E-state index in [2.05, 4.69) is 5.32 Å². The molecule has 1 atom stereocenters. The van der Waals surface area contributed by atoms with E-state index in [-0.39, 0.29) is 11.7 Å². The second kappa shape index (κ2) is 7.39. The molecule has 1 heterocycles. The van der Waals surface area contributed by atoms with E-state index in [9.17, 15) is 9.18 Å². The van der Waals surface area contributed by atoms with Crippen LogP contribution in [-0.2, 0) is 11.3 Å². The summed E-state index contributed by atoms with van der Waals surface area (Å²) in [4.78, 5) is 13.8. The highest BCUT2D eigenvalue weighted by atomic mass is 19.1. The first-order valence-electron chi connectivity index (χ1n) is 7.27. The topological polar surface area (TPSA) is 34.4 Å². The Bertz CT molecular complexity index is 444. The number of carbonyl (C=O) groups is 1. The minimum Gasteiger partial charge on any atom is -0.341 e. The maximum atomic E-state index is 13.1. The van der Waals surface area contributed by atoms with Crippen LogP contribution in [0.3, 0.4) is 0 Å². The fourth-order valence-electron chi connectivity index (χ4n) is 2.61. The minimum atomic E-state index is -0.257. The number of hydrogen-bond donors (Lipinski definition) is 0. The largest absolute Gasteiger partial charge is 0.341 e. The van der Waals surface area contributed by atoms with Crippen LogP contribution in [0.1, 0.15) is 31.2 Å². The lowest BCUT2D eigenvalue weighted by Crippen LogP contribution is -2.29. The average molecular weight is 277 g/mol. The first-order valence-corrected chi connectivity index (χ1v) is 7.27. The van der Waals surface area contributed by atoms with Crippen LogP contribution in [0.5, 0.6) is 0 Å². The van der Waals surface area contributed by atoms with Gasteiger partial charge < -0.3 is 4.90 Å². The summed E-state index contributed by atoms with van der Waals surface area (Å²) in [6.45, 7) is 2.34. The van der Waals surface area contributed by atoms with E-state index >= 15 is 0 Å². The predicted molar refractivity (Wildman–Crippen MR) is 76.7 cm³/mol. The number of amides is 1. The number of halogens is 1. The lowest BCUT2D eigenvalue weighted by molar-refractivity contribution is -0.130. The van der Waals surface area contributed by atoms with Crippen molar-refractivity contribution < 1.29 is 9.18 Å². The van der Waals surface area contributed by atoms with Gasteiger partial charge in [-0.1, -0.05) is 12.1 Å². The van der Waals surface area contributed by atoms with Crippen molar-refractivity contribution in [2.45, 2.75) is 32.2 Å². The Balaban J connectivity index is 1.76. The van der Waals surface area contributed by atoms with Crippen molar-refractivity contribution in [3.05, 3.63) is 35.6 Å². The molecule has 1 aliphatic rings. The summed E-state index contributed by atoms with van der Waals surface area (Å²) in [6, 6.07) is 6.40. The van der Waals surface area contributed by atoms with E-state index in [1.54, 1.807) is 18.0 Å². The fourth-order valence-corrected chi connectivity index (χ4v) is 2.61. The van der Waals surface area contributed by atoms with E-state index in [0.29, 0.717) is 18.9 Å². The lowest BCUT2D eigenvalue weighted by atomic mass is 9.94. The maximum Gasteiger partial charge on any atom is 0.222 e. The summed E-state index contributed by atoms with van der Waals surface area (Å²) in [5, 5.41) is 4.39. The SMILES string of the molecule is CN(Cc1cccc(F)c1)C(=O)CCC1CCC[N]C1. The number of piperidine rings is 1. The first-order chi connectivity index (χ1) is 9.65. The van der Waals surface area contributed by atoms with Crippen molar-refractivity contribution in [2.75, 3.05) is 20.1 Å². The van der Waals surface area contributed by atoms with Crippen LogP contribution >= 0.6 is 0 Å². The fraction of sp³-hybridized carbons (Fsp3) is 0.562. The first kappa shape index (κ1) is 15.0. The molecule has 2 rings (SSSR count). The van der Waals surface area contributed by atoms with Crippen LogP contribution in [0.15, 0.2) is 24.3 Å². The van der Waals surface area contributed by atoms with Crippen molar-refractivity contribution in [3.8, 4) is 0 Å². The third-order valence-corrected chi connectivity index (χ3v) is 3.82. The summed E-state index contributed by atoms with van der Waals surface area (Å²) in [6.07, 6.45) is 3.81. The van der Waals surface area contributed by atoms with Crippen LogP contribution < -0.4 is 5.32 Å². The Morgan fingerprint density at radius 1 is 1.50 bits per heavy atom. The van der Waals surface area contributed by atoms with E-state index in [0.717, 1.165) is 31.5 Å². The van der Waals surface area contributed by atoms with Crippen molar-refractivity contribution in [1.82, 2.24) is 10.2 Å². The standard InChI is InChI=1S/C16H22FN2O/c1-19(12-14-4-2-6-15(17)10-14)16(20)8-7-13-5-3-9-18-11-13/h2,4,6,10,13H,3,5,7-9,11-12H2,1H3. The molecule has 1 fully saturated rings. The average Bonchev–Trinajstić information content (AvgIpc) is 2.46. The molecule has 0 aromatic heterocycles. The molecule has 0 N–H and O–H groups in total. The molecule has 4 heteroatoms. The zero-order chi connectivity index (χ0) is 14.4. The molecular formula is C16H22FN2O.